The molecule has 1 atom stereocenters. The highest BCUT2D eigenvalue weighted by atomic mass is 16.6. The van der Waals surface area contributed by atoms with Gasteiger partial charge in [0.2, 0.25) is 0 Å². The van der Waals surface area contributed by atoms with Gasteiger partial charge in [-0.3, -0.25) is 10.1 Å². The maximum atomic E-state index is 10.9. The molecule has 0 spiro atoms. The molecule has 0 saturated heterocycles. The summed E-state index contributed by atoms with van der Waals surface area (Å²) < 4.78 is 0. The number of nitrogens with zero attached hydrogens (tertiary/aromatic N) is 1. The van der Waals surface area contributed by atoms with Gasteiger partial charge in [0.05, 0.1) is 11.0 Å². The summed E-state index contributed by atoms with van der Waals surface area (Å²) in [7, 11) is 0. The SMILES string of the molecule is CC(C)CC(O)CNc1cccc(N)c1[N+](=O)[O-]. The zero-order valence-electron chi connectivity index (χ0n) is 10.6. The molecule has 0 amide bonds. The maximum absolute atomic E-state index is 10.9. The fourth-order valence-corrected chi connectivity index (χ4v) is 1.76. The molecule has 0 radical (unpaired) electrons. The van der Waals surface area contributed by atoms with Crippen LogP contribution in [0.15, 0.2) is 18.2 Å². The highest BCUT2D eigenvalue weighted by Gasteiger charge is 2.18. The number of nitrogens with two attached hydrogens (primary N) is 1. The zero-order valence-corrected chi connectivity index (χ0v) is 10.6. The molecule has 1 rings (SSSR count). The van der Waals surface area contributed by atoms with Crippen molar-refractivity contribution in [3.63, 3.8) is 0 Å². The molecular formula is C12H19N3O3. The third kappa shape index (κ3) is 3.89. The van der Waals surface area contributed by atoms with E-state index in [2.05, 4.69) is 5.32 Å². The fraction of sp³-hybridized carbons (Fsp3) is 0.500. The fourth-order valence-electron chi connectivity index (χ4n) is 1.76. The summed E-state index contributed by atoms with van der Waals surface area (Å²) in [4.78, 5) is 10.4. The summed E-state index contributed by atoms with van der Waals surface area (Å²) in [6, 6.07) is 4.70. The Morgan fingerprint density at radius 3 is 2.72 bits per heavy atom. The monoisotopic (exact) mass is 253 g/mol. The van der Waals surface area contributed by atoms with Crippen molar-refractivity contribution < 1.29 is 10.0 Å². The van der Waals surface area contributed by atoms with Gasteiger partial charge in [-0.05, 0) is 24.5 Å². The van der Waals surface area contributed by atoms with Crippen molar-refractivity contribution in [2.75, 3.05) is 17.6 Å². The zero-order chi connectivity index (χ0) is 13.7. The summed E-state index contributed by atoms with van der Waals surface area (Å²) in [5.74, 6) is 0.373. The number of hydrogen-bond acceptors (Lipinski definition) is 5. The first-order valence-corrected chi connectivity index (χ1v) is 5.86. The van der Waals surface area contributed by atoms with E-state index in [4.69, 9.17) is 5.73 Å². The molecule has 0 aliphatic carbocycles. The number of nitrogen functional groups attached to an aromatic ring is 1. The van der Waals surface area contributed by atoms with Gasteiger partial charge < -0.3 is 16.2 Å². The molecule has 1 unspecified atom stereocenters. The van der Waals surface area contributed by atoms with E-state index in [1.165, 1.54) is 6.07 Å². The van der Waals surface area contributed by atoms with E-state index >= 15 is 0 Å². The molecule has 100 valence electrons. The smallest absolute Gasteiger partial charge is 0.314 e. The van der Waals surface area contributed by atoms with E-state index in [1.807, 2.05) is 13.8 Å². The van der Waals surface area contributed by atoms with E-state index in [0.717, 1.165) is 0 Å². The lowest BCUT2D eigenvalue weighted by atomic mass is 10.1. The molecule has 0 saturated carbocycles. The Morgan fingerprint density at radius 2 is 2.17 bits per heavy atom. The third-order valence-corrected chi connectivity index (χ3v) is 2.52. The Kier molecular flexibility index (Phi) is 4.91. The number of nitro groups is 1. The number of anilines is 2. The molecule has 0 bridgehead atoms. The highest BCUT2D eigenvalue weighted by Crippen LogP contribution is 2.30. The first-order chi connectivity index (χ1) is 8.41. The maximum Gasteiger partial charge on any atom is 0.314 e. The Balaban J connectivity index is 2.73. The normalized spacial score (nSPS) is 12.4. The number of aliphatic hydroxyl groups excluding tert-OH is 1. The summed E-state index contributed by atoms with van der Waals surface area (Å²) in [5, 5.41) is 23.5. The van der Waals surface area contributed by atoms with Crippen LogP contribution in [-0.2, 0) is 0 Å². The van der Waals surface area contributed by atoms with Crippen LogP contribution in [0.25, 0.3) is 0 Å². The van der Waals surface area contributed by atoms with Crippen LogP contribution in [0, 0.1) is 16.0 Å². The minimum Gasteiger partial charge on any atom is -0.393 e. The van der Waals surface area contributed by atoms with E-state index in [-0.39, 0.29) is 17.9 Å². The van der Waals surface area contributed by atoms with Crippen LogP contribution in [0.3, 0.4) is 0 Å². The van der Waals surface area contributed by atoms with Gasteiger partial charge in [0, 0.05) is 6.54 Å². The number of hydrogen-bond donors (Lipinski definition) is 3. The molecule has 18 heavy (non-hydrogen) atoms. The topological polar surface area (TPSA) is 101 Å². The Labute approximate surface area is 106 Å². The predicted molar refractivity (Wildman–Crippen MR) is 71.5 cm³/mol. The number of nitro benzene ring substituents is 1. The van der Waals surface area contributed by atoms with Gasteiger partial charge in [0.15, 0.2) is 0 Å². The molecule has 1 aromatic carbocycles. The average molecular weight is 253 g/mol. The second-order valence-electron chi connectivity index (χ2n) is 4.66. The van der Waals surface area contributed by atoms with Crippen molar-refractivity contribution in [2.24, 2.45) is 5.92 Å². The molecule has 0 fully saturated rings. The lowest BCUT2D eigenvalue weighted by Crippen LogP contribution is -2.21. The molecule has 0 heterocycles. The van der Waals surface area contributed by atoms with Gasteiger partial charge in [0.25, 0.3) is 0 Å². The van der Waals surface area contributed by atoms with Gasteiger partial charge in [0.1, 0.15) is 11.4 Å². The standard InChI is InChI=1S/C12H19N3O3/c1-8(2)6-9(16)7-14-11-5-3-4-10(13)12(11)15(17)18/h3-5,8-9,14,16H,6-7,13H2,1-2H3. The summed E-state index contributed by atoms with van der Waals surface area (Å²) >= 11 is 0. The lowest BCUT2D eigenvalue weighted by molar-refractivity contribution is -0.383. The summed E-state index contributed by atoms with van der Waals surface area (Å²) in [6.07, 6.45) is 0.106. The molecule has 1 aromatic rings. The highest BCUT2D eigenvalue weighted by molar-refractivity contribution is 5.74. The van der Waals surface area contributed by atoms with E-state index in [9.17, 15) is 15.2 Å². The van der Waals surface area contributed by atoms with Gasteiger partial charge in [-0.1, -0.05) is 19.9 Å². The molecule has 6 heteroatoms. The second kappa shape index (κ2) is 6.20. The first-order valence-electron chi connectivity index (χ1n) is 5.86. The van der Waals surface area contributed by atoms with Gasteiger partial charge in [-0.25, -0.2) is 0 Å². The number of nitrogens with one attached hydrogen (secondary N) is 1. The van der Waals surface area contributed by atoms with Crippen molar-refractivity contribution in [3.8, 4) is 0 Å². The van der Waals surface area contributed by atoms with E-state index in [1.54, 1.807) is 12.1 Å². The summed E-state index contributed by atoms with van der Waals surface area (Å²) in [5.41, 5.74) is 5.87. The Morgan fingerprint density at radius 1 is 1.50 bits per heavy atom. The van der Waals surface area contributed by atoms with Crippen LogP contribution in [0.1, 0.15) is 20.3 Å². The number of aliphatic hydroxyl groups is 1. The lowest BCUT2D eigenvalue weighted by Gasteiger charge is -2.15. The van der Waals surface area contributed by atoms with Crippen LogP contribution in [0.2, 0.25) is 0 Å². The molecular weight excluding hydrogens is 234 g/mol. The minimum atomic E-state index is -0.536. The molecule has 0 aliphatic rings. The van der Waals surface area contributed by atoms with Crippen molar-refractivity contribution in [2.45, 2.75) is 26.4 Å². The first kappa shape index (κ1) is 14.2. The molecule has 4 N–H and O–H groups in total. The van der Waals surface area contributed by atoms with Crippen LogP contribution < -0.4 is 11.1 Å². The number of benzene rings is 1. The van der Waals surface area contributed by atoms with E-state index < -0.39 is 11.0 Å². The van der Waals surface area contributed by atoms with Crippen molar-refractivity contribution >= 4 is 17.1 Å². The molecule has 0 aromatic heterocycles. The number of para-hydroxylation sites is 1. The molecule has 6 nitrogen and oxygen atoms in total. The van der Waals surface area contributed by atoms with Crippen LogP contribution in [0.5, 0.6) is 0 Å². The summed E-state index contributed by atoms with van der Waals surface area (Å²) in [6.45, 7) is 4.28. The van der Waals surface area contributed by atoms with Crippen LogP contribution >= 0.6 is 0 Å². The average Bonchev–Trinajstić information content (AvgIpc) is 2.24. The van der Waals surface area contributed by atoms with Gasteiger partial charge >= 0.3 is 5.69 Å². The second-order valence-corrected chi connectivity index (χ2v) is 4.66. The molecule has 0 aliphatic heterocycles. The third-order valence-electron chi connectivity index (χ3n) is 2.52. The number of rotatable bonds is 6. The van der Waals surface area contributed by atoms with Crippen molar-refractivity contribution in [1.29, 1.82) is 0 Å². The minimum absolute atomic E-state index is 0.114. The van der Waals surface area contributed by atoms with Gasteiger partial charge in [-0.2, -0.15) is 0 Å². The largest absolute Gasteiger partial charge is 0.393 e. The quantitative estimate of drug-likeness (QED) is 0.409. The van der Waals surface area contributed by atoms with Crippen molar-refractivity contribution in [1.82, 2.24) is 0 Å². The van der Waals surface area contributed by atoms with Crippen LogP contribution in [0.4, 0.5) is 17.1 Å². The van der Waals surface area contributed by atoms with E-state index in [0.29, 0.717) is 18.0 Å². The van der Waals surface area contributed by atoms with Crippen LogP contribution in [-0.4, -0.2) is 22.7 Å². The Bertz CT molecular complexity index is 421. The Hall–Kier alpha value is -1.82. The predicted octanol–water partition coefficient (Wildman–Crippen LogP) is 2.00. The van der Waals surface area contributed by atoms with Crippen molar-refractivity contribution in [3.05, 3.63) is 28.3 Å². The van der Waals surface area contributed by atoms with Gasteiger partial charge in [-0.15, -0.1) is 0 Å².